The largest absolute Gasteiger partial charge is 0.338 e. The molecule has 0 bridgehead atoms. The highest BCUT2D eigenvalue weighted by molar-refractivity contribution is 5.83. The van der Waals surface area contributed by atoms with Gasteiger partial charge in [-0.3, -0.25) is 4.79 Å². The minimum Gasteiger partial charge on any atom is -0.338 e. The molecule has 2 rings (SSSR count). The van der Waals surface area contributed by atoms with Crippen molar-refractivity contribution in [3.05, 3.63) is 0 Å². The Hall–Kier alpha value is -1.08. The van der Waals surface area contributed by atoms with Gasteiger partial charge in [-0.2, -0.15) is 5.26 Å². The summed E-state index contributed by atoms with van der Waals surface area (Å²) < 4.78 is 0. The average Bonchev–Trinajstić information content (AvgIpc) is 3.25. The van der Waals surface area contributed by atoms with Gasteiger partial charge in [0, 0.05) is 19.1 Å². The van der Waals surface area contributed by atoms with Gasteiger partial charge < -0.3 is 10.6 Å². The first kappa shape index (κ1) is 14.3. The lowest BCUT2D eigenvalue weighted by Gasteiger charge is -2.40. The van der Waals surface area contributed by atoms with Gasteiger partial charge in [0.15, 0.2) is 0 Å². The van der Waals surface area contributed by atoms with Crippen LogP contribution in [0.1, 0.15) is 51.9 Å². The Morgan fingerprint density at radius 2 is 2.00 bits per heavy atom. The van der Waals surface area contributed by atoms with E-state index in [1.807, 2.05) is 4.90 Å². The quantitative estimate of drug-likeness (QED) is 0.825. The number of hydrogen-bond acceptors (Lipinski definition) is 3. The van der Waals surface area contributed by atoms with Crippen LogP contribution in [0.4, 0.5) is 0 Å². The molecule has 0 spiro atoms. The highest BCUT2D eigenvalue weighted by atomic mass is 16.2. The fraction of sp³-hybridized carbons (Fsp3) is 0.867. The van der Waals surface area contributed by atoms with Crippen LogP contribution < -0.4 is 5.73 Å². The van der Waals surface area contributed by atoms with Crippen LogP contribution in [0, 0.1) is 22.7 Å². The van der Waals surface area contributed by atoms with E-state index in [9.17, 15) is 4.79 Å². The van der Waals surface area contributed by atoms with Crippen molar-refractivity contribution in [3.63, 3.8) is 0 Å². The molecule has 2 aliphatic carbocycles. The lowest BCUT2D eigenvalue weighted by Crippen LogP contribution is -2.50. The summed E-state index contributed by atoms with van der Waals surface area (Å²) >= 11 is 0. The summed E-state index contributed by atoms with van der Waals surface area (Å²) in [4.78, 5) is 14.8. The van der Waals surface area contributed by atoms with Crippen molar-refractivity contribution in [2.24, 2.45) is 17.1 Å². The van der Waals surface area contributed by atoms with Crippen molar-refractivity contribution in [3.8, 4) is 6.07 Å². The number of amides is 1. The van der Waals surface area contributed by atoms with Crippen LogP contribution in [0.2, 0.25) is 0 Å². The van der Waals surface area contributed by atoms with E-state index in [1.165, 1.54) is 0 Å². The Morgan fingerprint density at radius 1 is 1.37 bits per heavy atom. The molecule has 4 heteroatoms. The molecule has 0 aliphatic heterocycles. The number of carbonyl (C=O) groups excluding carboxylic acids is 1. The predicted octanol–water partition coefficient (Wildman–Crippen LogP) is 2.05. The van der Waals surface area contributed by atoms with E-state index >= 15 is 0 Å². The lowest BCUT2D eigenvalue weighted by atomic mass is 9.70. The van der Waals surface area contributed by atoms with Crippen LogP contribution in [0.5, 0.6) is 0 Å². The van der Waals surface area contributed by atoms with E-state index < -0.39 is 0 Å². The van der Waals surface area contributed by atoms with Crippen LogP contribution in [-0.2, 0) is 4.79 Å². The van der Waals surface area contributed by atoms with Crippen LogP contribution in [0.3, 0.4) is 0 Å². The molecule has 0 saturated heterocycles. The summed E-state index contributed by atoms with van der Waals surface area (Å²) in [5.74, 6) is 0.931. The molecule has 0 unspecified atom stereocenters. The van der Waals surface area contributed by atoms with E-state index in [1.54, 1.807) is 0 Å². The van der Waals surface area contributed by atoms with Crippen LogP contribution in [0.15, 0.2) is 0 Å². The van der Waals surface area contributed by atoms with Crippen molar-refractivity contribution >= 4 is 5.91 Å². The van der Waals surface area contributed by atoms with E-state index in [2.05, 4.69) is 13.0 Å². The topological polar surface area (TPSA) is 70.1 Å². The zero-order chi connectivity index (χ0) is 13.9. The highest BCUT2D eigenvalue weighted by Crippen LogP contribution is 2.41. The molecule has 1 amide bonds. The van der Waals surface area contributed by atoms with Gasteiger partial charge in [0.2, 0.25) is 5.91 Å². The van der Waals surface area contributed by atoms with E-state index in [0.29, 0.717) is 31.5 Å². The maximum Gasteiger partial charge on any atom is 0.230 e. The molecule has 106 valence electrons. The number of rotatable bonds is 5. The van der Waals surface area contributed by atoms with Gasteiger partial charge >= 0.3 is 0 Å². The first-order valence-electron chi connectivity index (χ1n) is 7.51. The molecular weight excluding hydrogens is 238 g/mol. The summed E-state index contributed by atoms with van der Waals surface area (Å²) in [7, 11) is 0. The summed E-state index contributed by atoms with van der Waals surface area (Å²) in [5, 5.41) is 8.75. The van der Waals surface area contributed by atoms with Crippen molar-refractivity contribution in [2.75, 3.05) is 13.1 Å². The second-order valence-corrected chi connectivity index (χ2v) is 6.30. The van der Waals surface area contributed by atoms with Crippen LogP contribution >= 0.6 is 0 Å². The fourth-order valence-corrected chi connectivity index (χ4v) is 3.13. The molecule has 0 aromatic rings. The molecule has 4 nitrogen and oxygen atoms in total. The number of carbonyl (C=O) groups is 1. The monoisotopic (exact) mass is 263 g/mol. The van der Waals surface area contributed by atoms with Gasteiger partial charge in [0.25, 0.3) is 0 Å². The zero-order valence-electron chi connectivity index (χ0n) is 11.9. The maximum absolute atomic E-state index is 12.9. The highest BCUT2D eigenvalue weighted by Gasteiger charge is 2.45. The molecule has 2 saturated carbocycles. The Morgan fingerprint density at radius 3 is 2.47 bits per heavy atom. The van der Waals surface area contributed by atoms with Crippen LogP contribution in [-0.4, -0.2) is 29.9 Å². The third-order valence-electron chi connectivity index (χ3n) is 4.79. The summed E-state index contributed by atoms with van der Waals surface area (Å²) in [6.45, 7) is 3.28. The number of nitriles is 1. The summed E-state index contributed by atoms with van der Waals surface area (Å²) in [6.07, 6.45) is 6.64. The second kappa shape index (κ2) is 5.92. The van der Waals surface area contributed by atoms with Gasteiger partial charge in [0.05, 0.1) is 17.9 Å². The third kappa shape index (κ3) is 3.09. The molecule has 0 aromatic carbocycles. The molecule has 2 aliphatic rings. The van der Waals surface area contributed by atoms with Crippen LogP contribution in [0.25, 0.3) is 0 Å². The summed E-state index contributed by atoms with van der Waals surface area (Å²) in [5.41, 5.74) is 5.62. The molecule has 0 aromatic heterocycles. The van der Waals surface area contributed by atoms with Crippen molar-refractivity contribution < 1.29 is 4.79 Å². The van der Waals surface area contributed by atoms with Crippen molar-refractivity contribution in [1.82, 2.24) is 4.90 Å². The van der Waals surface area contributed by atoms with Gasteiger partial charge in [-0.25, -0.2) is 0 Å². The Kier molecular flexibility index (Phi) is 4.46. The van der Waals surface area contributed by atoms with E-state index in [0.717, 1.165) is 38.5 Å². The standard InChI is InChI=1S/C15H25N3O/c1-12-5-7-15(11-17,8-6-12)14(19)18(10-2-9-16)13-3-4-13/h12-13H,2-8,10-11,17H2,1H3. The predicted molar refractivity (Wildman–Crippen MR) is 74.1 cm³/mol. The summed E-state index contributed by atoms with van der Waals surface area (Å²) in [6, 6.07) is 2.53. The molecule has 0 heterocycles. The van der Waals surface area contributed by atoms with Gasteiger partial charge in [-0.1, -0.05) is 6.92 Å². The zero-order valence-corrected chi connectivity index (χ0v) is 11.9. The van der Waals surface area contributed by atoms with E-state index in [-0.39, 0.29) is 11.3 Å². The molecule has 2 fully saturated rings. The molecule has 0 atom stereocenters. The average molecular weight is 263 g/mol. The molecule has 19 heavy (non-hydrogen) atoms. The number of nitrogens with two attached hydrogens (primary N) is 1. The van der Waals surface area contributed by atoms with Crippen molar-refractivity contribution in [2.45, 2.75) is 57.9 Å². The molecule has 0 radical (unpaired) electrons. The van der Waals surface area contributed by atoms with E-state index in [4.69, 9.17) is 11.0 Å². The smallest absolute Gasteiger partial charge is 0.230 e. The Labute approximate surface area is 115 Å². The third-order valence-corrected chi connectivity index (χ3v) is 4.79. The Balaban J connectivity index is 2.07. The van der Waals surface area contributed by atoms with Crippen molar-refractivity contribution in [1.29, 1.82) is 5.26 Å². The number of nitrogens with zero attached hydrogens (tertiary/aromatic N) is 2. The fourth-order valence-electron chi connectivity index (χ4n) is 3.13. The molecular formula is C15H25N3O. The normalized spacial score (nSPS) is 30.7. The minimum atomic E-state index is -0.343. The van der Waals surface area contributed by atoms with Gasteiger partial charge in [-0.15, -0.1) is 0 Å². The SMILES string of the molecule is CC1CCC(CN)(C(=O)N(CCC#N)C2CC2)CC1. The Bertz CT molecular complexity index is 362. The minimum absolute atomic E-state index is 0.222. The first-order chi connectivity index (χ1) is 9.13. The lowest BCUT2D eigenvalue weighted by molar-refractivity contribution is -0.144. The van der Waals surface area contributed by atoms with Gasteiger partial charge in [0.1, 0.15) is 0 Å². The number of hydrogen-bond donors (Lipinski definition) is 1. The maximum atomic E-state index is 12.9. The molecule has 2 N–H and O–H groups in total. The van der Waals surface area contributed by atoms with Gasteiger partial charge in [-0.05, 0) is 44.4 Å². The second-order valence-electron chi connectivity index (χ2n) is 6.30. The first-order valence-corrected chi connectivity index (χ1v) is 7.51.